The van der Waals surface area contributed by atoms with E-state index < -0.39 is 0 Å². The van der Waals surface area contributed by atoms with Crippen LogP contribution in [0.5, 0.6) is 0 Å². The molecule has 0 aliphatic carbocycles. The molecule has 4 rings (SSSR count). The number of aryl methyl sites for hydroxylation is 3. The molecule has 0 amide bonds. The molecule has 3 heterocycles. The molecule has 0 atom stereocenters. The average Bonchev–Trinajstić information content (AvgIpc) is 2.95. The van der Waals surface area contributed by atoms with Gasteiger partial charge in [-0.1, -0.05) is 31.0 Å². The van der Waals surface area contributed by atoms with Crippen molar-refractivity contribution in [2.24, 2.45) is 0 Å². The third-order valence-corrected chi connectivity index (χ3v) is 5.34. The van der Waals surface area contributed by atoms with Crippen LogP contribution < -0.4 is 5.32 Å². The Morgan fingerprint density at radius 1 is 1.20 bits per heavy atom. The molecule has 0 fully saturated rings. The Labute approximate surface area is 154 Å². The first-order chi connectivity index (χ1) is 12.3. The molecule has 1 aromatic carbocycles. The van der Waals surface area contributed by atoms with E-state index in [4.69, 9.17) is 11.6 Å². The second kappa shape index (κ2) is 7.19. The number of aromatic nitrogens is 2. The van der Waals surface area contributed by atoms with E-state index in [0.717, 1.165) is 50.3 Å². The molecule has 3 aromatic rings. The van der Waals surface area contributed by atoms with Crippen LogP contribution in [-0.4, -0.2) is 16.1 Å². The molecule has 2 aromatic heterocycles. The monoisotopic (exact) mass is 353 g/mol. The fraction of sp³-hybridized carbons (Fsp3) is 0.381. The summed E-state index contributed by atoms with van der Waals surface area (Å²) < 4.78 is 2.49. The highest BCUT2D eigenvalue weighted by atomic mass is 35.5. The van der Waals surface area contributed by atoms with Gasteiger partial charge in [-0.25, -0.2) is 0 Å². The molecule has 130 valence electrons. The summed E-state index contributed by atoms with van der Waals surface area (Å²) in [7, 11) is 0. The second-order valence-electron chi connectivity index (χ2n) is 6.82. The summed E-state index contributed by atoms with van der Waals surface area (Å²) in [5.74, 6) is 0. The van der Waals surface area contributed by atoms with E-state index >= 15 is 0 Å². The van der Waals surface area contributed by atoms with Gasteiger partial charge in [-0.3, -0.25) is 4.98 Å². The Bertz CT molecular complexity index is 880. The van der Waals surface area contributed by atoms with Crippen LogP contribution in [0.1, 0.15) is 35.9 Å². The highest BCUT2D eigenvalue weighted by Crippen LogP contribution is 2.31. The lowest BCUT2D eigenvalue weighted by Gasteiger charge is -2.17. The van der Waals surface area contributed by atoms with Crippen LogP contribution in [0.15, 0.2) is 36.5 Å². The van der Waals surface area contributed by atoms with Crippen molar-refractivity contribution in [3.8, 4) is 0 Å². The number of benzene rings is 1. The Kier molecular flexibility index (Phi) is 4.78. The number of rotatable bonds is 5. The quantitative estimate of drug-likeness (QED) is 0.730. The molecule has 25 heavy (non-hydrogen) atoms. The van der Waals surface area contributed by atoms with Gasteiger partial charge in [-0.2, -0.15) is 0 Å². The molecular formula is C21H24ClN3. The lowest BCUT2D eigenvalue weighted by atomic mass is 10.1. The molecule has 0 saturated heterocycles. The van der Waals surface area contributed by atoms with Gasteiger partial charge in [0, 0.05) is 59.6 Å². The number of nitrogens with zero attached hydrogens (tertiary/aromatic N) is 2. The van der Waals surface area contributed by atoms with E-state index in [0.29, 0.717) is 0 Å². The van der Waals surface area contributed by atoms with Crippen LogP contribution in [-0.2, 0) is 32.4 Å². The third kappa shape index (κ3) is 3.31. The van der Waals surface area contributed by atoms with Crippen molar-refractivity contribution in [3.63, 3.8) is 0 Å². The lowest BCUT2D eigenvalue weighted by Crippen LogP contribution is -2.24. The van der Waals surface area contributed by atoms with Gasteiger partial charge in [0.05, 0.1) is 0 Å². The first kappa shape index (κ1) is 16.6. The molecule has 1 aliphatic heterocycles. The summed E-state index contributed by atoms with van der Waals surface area (Å²) in [5.41, 5.74) is 6.68. The van der Waals surface area contributed by atoms with Gasteiger partial charge in [-0.15, -0.1) is 0 Å². The first-order valence-corrected chi connectivity index (χ1v) is 9.58. The van der Waals surface area contributed by atoms with Crippen LogP contribution in [0.2, 0.25) is 5.02 Å². The second-order valence-corrected chi connectivity index (χ2v) is 7.26. The molecule has 4 heteroatoms. The smallest absolute Gasteiger partial charge is 0.0487 e. The van der Waals surface area contributed by atoms with Gasteiger partial charge in [0.15, 0.2) is 0 Å². The number of halogens is 1. The molecule has 0 spiro atoms. The third-order valence-electron chi connectivity index (χ3n) is 5.11. The Morgan fingerprint density at radius 3 is 2.92 bits per heavy atom. The van der Waals surface area contributed by atoms with Crippen LogP contribution in [0.4, 0.5) is 0 Å². The van der Waals surface area contributed by atoms with Crippen molar-refractivity contribution >= 4 is 22.5 Å². The maximum atomic E-state index is 6.25. The van der Waals surface area contributed by atoms with Crippen molar-refractivity contribution in [3.05, 3.63) is 64.1 Å². The predicted molar refractivity (Wildman–Crippen MR) is 104 cm³/mol. The van der Waals surface area contributed by atoms with Crippen LogP contribution in [0.25, 0.3) is 10.9 Å². The lowest BCUT2D eigenvalue weighted by molar-refractivity contribution is 0.594. The zero-order valence-corrected chi connectivity index (χ0v) is 15.4. The van der Waals surface area contributed by atoms with E-state index in [-0.39, 0.29) is 0 Å². The molecule has 0 unspecified atom stereocenters. The maximum Gasteiger partial charge on any atom is 0.0487 e. The van der Waals surface area contributed by atoms with E-state index in [2.05, 4.69) is 46.1 Å². The molecule has 0 radical (unpaired) electrons. The molecule has 0 saturated carbocycles. The van der Waals surface area contributed by atoms with Crippen molar-refractivity contribution < 1.29 is 0 Å². The highest BCUT2D eigenvalue weighted by Gasteiger charge is 2.19. The summed E-state index contributed by atoms with van der Waals surface area (Å²) in [5, 5.41) is 5.60. The molecule has 0 bridgehead atoms. The molecule has 1 aliphatic rings. The van der Waals surface area contributed by atoms with Crippen LogP contribution >= 0.6 is 11.6 Å². The Balaban J connectivity index is 1.62. The largest absolute Gasteiger partial charge is 0.344 e. The number of pyridine rings is 1. The van der Waals surface area contributed by atoms with Crippen molar-refractivity contribution in [2.75, 3.05) is 6.54 Å². The fourth-order valence-corrected chi connectivity index (χ4v) is 4.03. The topological polar surface area (TPSA) is 29.9 Å². The van der Waals surface area contributed by atoms with E-state index in [1.807, 2.05) is 12.3 Å². The first-order valence-electron chi connectivity index (χ1n) is 9.20. The van der Waals surface area contributed by atoms with Crippen molar-refractivity contribution in [1.29, 1.82) is 0 Å². The van der Waals surface area contributed by atoms with E-state index in [9.17, 15) is 0 Å². The van der Waals surface area contributed by atoms with Crippen molar-refractivity contribution in [2.45, 2.75) is 45.7 Å². The summed E-state index contributed by atoms with van der Waals surface area (Å²) in [6, 6.07) is 10.7. The molecule has 3 nitrogen and oxygen atoms in total. The number of hydrogen-bond acceptors (Lipinski definition) is 2. The average molecular weight is 354 g/mol. The van der Waals surface area contributed by atoms with Crippen LogP contribution in [0, 0.1) is 0 Å². The summed E-state index contributed by atoms with van der Waals surface area (Å²) in [6.45, 7) is 5.16. The number of nitrogens with one attached hydrogen (secondary N) is 1. The minimum atomic E-state index is 0.814. The van der Waals surface area contributed by atoms with Gasteiger partial charge in [0.2, 0.25) is 0 Å². The Hall–Kier alpha value is -1.84. The van der Waals surface area contributed by atoms with Crippen molar-refractivity contribution in [1.82, 2.24) is 14.9 Å². The molecule has 1 N–H and O–H groups in total. The SMILES string of the molecule is CCCc1ccc(CCn2c3c(c4cc(Cl)ccc42)CNCC3)cn1. The zero-order chi connectivity index (χ0) is 17.2. The maximum absolute atomic E-state index is 6.25. The van der Waals surface area contributed by atoms with Gasteiger partial charge < -0.3 is 9.88 Å². The van der Waals surface area contributed by atoms with E-state index in [1.165, 1.54) is 33.4 Å². The fourth-order valence-electron chi connectivity index (χ4n) is 3.86. The standard InChI is InChI=1S/C21H24ClN3/c1-2-3-17-6-4-15(13-24-17)9-11-25-20-7-5-16(22)12-18(20)19-14-23-10-8-21(19)25/h4-7,12-13,23H,2-3,8-11,14H2,1H3. The van der Waals surface area contributed by atoms with Gasteiger partial charge in [0.1, 0.15) is 0 Å². The van der Waals surface area contributed by atoms with Crippen LogP contribution in [0.3, 0.4) is 0 Å². The Morgan fingerprint density at radius 2 is 2.12 bits per heavy atom. The number of fused-ring (bicyclic) bond motifs is 3. The normalized spacial score (nSPS) is 14.0. The summed E-state index contributed by atoms with van der Waals surface area (Å²) in [6.07, 6.45) is 6.33. The predicted octanol–water partition coefficient (Wildman–Crippen LogP) is 4.53. The summed E-state index contributed by atoms with van der Waals surface area (Å²) in [4.78, 5) is 4.59. The van der Waals surface area contributed by atoms with E-state index in [1.54, 1.807) is 0 Å². The van der Waals surface area contributed by atoms with Gasteiger partial charge in [-0.05, 0) is 48.2 Å². The minimum Gasteiger partial charge on any atom is -0.344 e. The minimum absolute atomic E-state index is 0.814. The van der Waals surface area contributed by atoms with Gasteiger partial charge in [0.25, 0.3) is 0 Å². The molecular weight excluding hydrogens is 330 g/mol. The highest BCUT2D eigenvalue weighted by molar-refractivity contribution is 6.31. The summed E-state index contributed by atoms with van der Waals surface area (Å²) >= 11 is 6.25. The van der Waals surface area contributed by atoms with Gasteiger partial charge >= 0.3 is 0 Å². The number of hydrogen-bond donors (Lipinski definition) is 1. The zero-order valence-electron chi connectivity index (χ0n) is 14.7.